The molecular weight excluding hydrogens is 396 g/mol. The van der Waals surface area contributed by atoms with Gasteiger partial charge in [-0.1, -0.05) is 11.2 Å². The number of nitrogens with zero attached hydrogens (tertiary/aromatic N) is 3. The second-order valence-corrected chi connectivity index (χ2v) is 8.81. The van der Waals surface area contributed by atoms with Gasteiger partial charge in [0.2, 0.25) is 11.7 Å². The second kappa shape index (κ2) is 8.62. The number of nitrogens with one attached hydrogen (secondary N) is 1. The Morgan fingerprint density at radius 2 is 2.17 bits per heavy atom. The molecule has 6 nitrogen and oxygen atoms in total. The number of H-pyrrole nitrogens is 1. The third kappa shape index (κ3) is 4.00. The van der Waals surface area contributed by atoms with Crippen LogP contribution in [0.1, 0.15) is 36.6 Å². The maximum atomic E-state index is 5.42. The minimum Gasteiger partial charge on any atom is -0.497 e. The van der Waals surface area contributed by atoms with Crippen molar-refractivity contribution in [3.63, 3.8) is 0 Å². The van der Waals surface area contributed by atoms with E-state index in [0.29, 0.717) is 11.7 Å². The van der Waals surface area contributed by atoms with E-state index in [1.54, 1.807) is 18.4 Å². The summed E-state index contributed by atoms with van der Waals surface area (Å²) in [5, 5.41) is 7.42. The zero-order valence-corrected chi connectivity index (χ0v) is 18.0. The third-order valence-electron chi connectivity index (χ3n) is 6.02. The predicted octanol–water partition coefficient (Wildman–Crippen LogP) is 5.10. The summed E-state index contributed by atoms with van der Waals surface area (Å²) in [5.41, 5.74) is 2.62. The number of aromatic nitrogens is 3. The molecule has 4 heterocycles. The zero-order valence-electron chi connectivity index (χ0n) is 17.1. The molecule has 156 valence electrons. The standard InChI is InChI=1S/C23H26N4O2S/c1-28-17-6-7-20-18(14-17)19(15-24-20)16-8-11-27(12-9-16)10-2-5-22-25-23(26-29-22)21-4-3-13-30-21/h3-4,6-7,13-16,24H,2,5,8-12H2,1H3. The van der Waals surface area contributed by atoms with E-state index in [9.17, 15) is 0 Å². The number of methoxy groups -OCH3 is 1. The molecule has 0 saturated carbocycles. The highest BCUT2D eigenvalue weighted by Crippen LogP contribution is 2.34. The Balaban J connectivity index is 1.13. The highest BCUT2D eigenvalue weighted by Gasteiger charge is 2.23. The maximum absolute atomic E-state index is 5.42. The number of thiophene rings is 1. The molecule has 1 N–H and O–H groups in total. The summed E-state index contributed by atoms with van der Waals surface area (Å²) in [6, 6.07) is 10.3. The van der Waals surface area contributed by atoms with Crippen LogP contribution in [-0.2, 0) is 6.42 Å². The number of hydrogen-bond donors (Lipinski definition) is 1. The van der Waals surface area contributed by atoms with Gasteiger partial charge in [0.15, 0.2) is 0 Å². The smallest absolute Gasteiger partial charge is 0.227 e. The van der Waals surface area contributed by atoms with Gasteiger partial charge < -0.3 is 19.1 Å². The van der Waals surface area contributed by atoms with Gasteiger partial charge in [-0.3, -0.25) is 0 Å². The van der Waals surface area contributed by atoms with E-state index in [2.05, 4.69) is 38.4 Å². The fourth-order valence-corrected chi connectivity index (χ4v) is 5.02. The highest BCUT2D eigenvalue weighted by atomic mass is 32.1. The fraction of sp³-hybridized carbons (Fsp3) is 0.391. The van der Waals surface area contributed by atoms with Crippen molar-refractivity contribution in [2.45, 2.75) is 31.6 Å². The summed E-state index contributed by atoms with van der Waals surface area (Å²) in [7, 11) is 1.73. The SMILES string of the molecule is COc1ccc2[nH]cc(C3CCN(CCCc4nc(-c5cccs5)no4)CC3)c2c1. The molecule has 1 aromatic carbocycles. The molecular formula is C23H26N4O2S. The van der Waals surface area contributed by atoms with Crippen LogP contribution >= 0.6 is 11.3 Å². The average molecular weight is 423 g/mol. The van der Waals surface area contributed by atoms with Gasteiger partial charge in [0, 0.05) is 23.5 Å². The number of hydrogen-bond acceptors (Lipinski definition) is 6. The summed E-state index contributed by atoms with van der Waals surface area (Å²) < 4.78 is 10.8. The summed E-state index contributed by atoms with van der Waals surface area (Å²) in [5.74, 6) is 2.97. The Labute approximate surface area is 179 Å². The van der Waals surface area contributed by atoms with Gasteiger partial charge in [0.1, 0.15) is 5.75 Å². The minimum atomic E-state index is 0.603. The first-order chi connectivity index (χ1) is 14.8. The number of fused-ring (bicyclic) bond motifs is 1. The summed E-state index contributed by atoms with van der Waals surface area (Å²) in [6.45, 7) is 3.34. The number of rotatable bonds is 7. The summed E-state index contributed by atoms with van der Waals surface area (Å²) >= 11 is 1.64. The van der Waals surface area contributed by atoms with Crippen molar-refractivity contribution < 1.29 is 9.26 Å². The van der Waals surface area contributed by atoms with Crippen molar-refractivity contribution in [1.29, 1.82) is 0 Å². The monoisotopic (exact) mass is 422 g/mol. The van der Waals surface area contributed by atoms with Crippen molar-refractivity contribution in [1.82, 2.24) is 20.0 Å². The van der Waals surface area contributed by atoms with Crippen LogP contribution in [-0.4, -0.2) is 46.8 Å². The van der Waals surface area contributed by atoms with E-state index in [1.165, 1.54) is 29.3 Å². The zero-order chi connectivity index (χ0) is 20.3. The van der Waals surface area contributed by atoms with Gasteiger partial charge >= 0.3 is 0 Å². The molecule has 30 heavy (non-hydrogen) atoms. The van der Waals surface area contributed by atoms with Crippen molar-refractivity contribution in [3.05, 3.63) is 53.4 Å². The molecule has 0 unspecified atom stereocenters. The van der Waals surface area contributed by atoms with E-state index in [1.807, 2.05) is 23.6 Å². The Bertz CT molecular complexity index is 1090. The van der Waals surface area contributed by atoms with Crippen molar-refractivity contribution in [2.24, 2.45) is 0 Å². The molecule has 0 spiro atoms. The van der Waals surface area contributed by atoms with E-state index in [-0.39, 0.29) is 0 Å². The molecule has 0 bridgehead atoms. The quantitative estimate of drug-likeness (QED) is 0.449. The van der Waals surface area contributed by atoms with Gasteiger partial charge in [-0.25, -0.2) is 0 Å². The maximum Gasteiger partial charge on any atom is 0.227 e. The number of likely N-dealkylation sites (tertiary alicyclic amines) is 1. The van der Waals surface area contributed by atoms with Crippen molar-refractivity contribution in [3.8, 4) is 16.5 Å². The van der Waals surface area contributed by atoms with Crippen LogP contribution in [0.4, 0.5) is 0 Å². The molecule has 3 aromatic heterocycles. The lowest BCUT2D eigenvalue weighted by Crippen LogP contribution is -2.33. The number of aryl methyl sites for hydroxylation is 1. The second-order valence-electron chi connectivity index (χ2n) is 7.86. The Morgan fingerprint density at radius 3 is 2.97 bits per heavy atom. The first-order valence-corrected chi connectivity index (χ1v) is 11.4. The normalized spacial score (nSPS) is 15.8. The largest absolute Gasteiger partial charge is 0.497 e. The van der Waals surface area contributed by atoms with Crippen molar-refractivity contribution >= 4 is 22.2 Å². The number of piperidine rings is 1. The fourth-order valence-electron chi connectivity index (χ4n) is 4.37. The van der Waals surface area contributed by atoms with Gasteiger partial charge in [-0.15, -0.1) is 11.3 Å². The van der Waals surface area contributed by atoms with E-state index < -0.39 is 0 Å². The van der Waals surface area contributed by atoms with Crippen molar-refractivity contribution in [2.75, 3.05) is 26.7 Å². The number of benzene rings is 1. The highest BCUT2D eigenvalue weighted by molar-refractivity contribution is 7.13. The van der Waals surface area contributed by atoms with Crippen LogP contribution < -0.4 is 4.74 Å². The van der Waals surface area contributed by atoms with E-state index in [4.69, 9.17) is 9.26 Å². The molecule has 7 heteroatoms. The molecule has 1 aliphatic rings. The Morgan fingerprint density at radius 1 is 1.27 bits per heavy atom. The van der Waals surface area contributed by atoms with Crippen LogP contribution in [0.2, 0.25) is 0 Å². The molecule has 1 saturated heterocycles. The lowest BCUT2D eigenvalue weighted by atomic mass is 9.89. The molecule has 0 aliphatic carbocycles. The van der Waals surface area contributed by atoms with Crippen LogP contribution in [0.5, 0.6) is 5.75 Å². The molecule has 0 atom stereocenters. The molecule has 4 aromatic rings. The molecule has 0 radical (unpaired) electrons. The van der Waals surface area contributed by atoms with Gasteiger partial charge in [-0.05, 0) is 80.0 Å². The molecule has 0 amide bonds. The van der Waals surface area contributed by atoms with Crippen LogP contribution in [0, 0.1) is 0 Å². The van der Waals surface area contributed by atoms with Gasteiger partial charge in [-0.2, -0.15) is 4.98 Å². The number of ether oxygens (including phenoxy) is 1. The minimum absolute atomic E-state index is 0.603. The molecule has 1 fully saturated rings. The third-order valence-corrected chi connectivity index (χ3v) is 6.89. The average Bonchev–Trinajstić information content (AvgIpc) is 3.54. The van der Waals surface area contributed by atoms with E-state index >= 15 is 0 Å². The molecule has 1 aliphatic heterocycles. The van der Waals surface area contributed by atoms with Gasteiger partial charge in [0.25, 0.3) is 0 Å². The first kappa shape index (κ1) is 19.3. The summed E-state index contributed by atoms with van der Waals surface area (Å²) in [4.78, 5) is 11.6. The molecule has 5 rings (SSSR count). The summed E-state index contributed by atoms with van der Waals surface area (Å²) in [6.07, 6.45) is 6.44. The topological polar surface area (TPSA) is 67.2 Å². The lowest BCUT2D eigenvalue weighted by molar-refractivity contribution is 0.208. The number of aromatic amines is 1. The van der Waals surface area contributed by atoms with Crippen LogP contribution in [0.15, 0.2) is 46.4 Å². The van der Waals surface area contributed by atoms with Crippen LogP contribution in [0.3, 0.4) is 0 Å². The van der Waals surface area contributed by atoms with E-state index in [0.717, 1.165) is 49.0 Å². The Kier molecular flexibility index (Phi) is 5.55. The predicted molar refractivity (Wildman–Crippen MR) is 119 cm³/mol. The first-order valence-electron chi connectivity index (χ1n) is 10.5. The van der Waals surface area contributed by atoms with Gasteiger partial charge in [0.05, 0.1) is 12.0 Å². The van der Waals surface area contributed by atoms with Crippen LogP contribution in [0.25, 0.3) is 21.6 Å². The Hall–Kier alpha value is -2.64. The lowest BCUT2D eigenvalue weighted by Gasteiger charge is -2.31.